The van der Waals surface area contributed by atoms with Crippen LogP contribution in [0.5, 0.6) is 0 Å². The number of piperidine rings is 1. The summed E-state index contributed by atoms with van der Waals surface area (Å²) in [6.45, 7) is 2.99. The molecule has 2 unspecified atom stereocenters. The summed E-state index contributed by atoms with van der Waals surface area (Å²) in [4.78, 5) is 11.2. The lowest BCUT2D eigenvalue weighted by Crippen LogP contribution is -2.28. The Morgan fingerprint density at radius 1 is 1.16 bits per heavy atom. The molecular formula is C24H25F3N4S. The Morgan fingerprint density at radius 3 is 2.69 bits per heavy atom. The van der Waals surface area contributed by atoms with Crippen LogP contribution in [0.2, 0.25) is 0 Å². The summed E-state index contributed by atoms with van der Waals surface area (Å²) in [5.74, 6) is 1.55. The zero-order chi connectivity index (χ0) is 22.3. The largest absolute Gasteiger partial charge is 0.416 e. The highest BCUT2D eigenvalue weighted by Gasteiger charge is 2.60. The quantitative estimate of drug-likeness (QED) is 0.357. The molecule has 2 fully saturated rings. The number of hydrogen-bond acceptors (Lipinski definition) is 4. The molecule has 3 heterocycles. The number of halogens is 3. The molecule has 1 saturated carbocycles. The molecule has 1 aliphatic carbocycles. The third-order valence-corrected chi connectivity index (χ3v) is 7.89. The number of hydrogen-bond donors (Lipinski definition) is 0. The van der Waals surface area contributed by atoms with Gasteiger partial charge in [0.15, 0.2) is 5.16 Å². The van der Waals surface area contributed by atoms with Crippen molar-refractivity contribution < 1.29 is 13.2 Å². The van der Waals surface area contributed by atoms with Gasteiger partial charge in [-0.2, -0.15) is 13.2 Å². The van der Waals surface area contributed by atoms with Crippen LogP contribution in [0.15, 0.2) is 60.1 Å². The number of likely N-dealkylation sites (tertiary alicyclic amines) is 1. The molecule has 1 aromatic carbocycles. The average Bonchev–Trinajstić information content (AvgIpc) is 3.16. The van der Waals surface area contributed by atoms with Gasteiger partial charge < -0.3 is 9.47 Å². The van der Waals surface area contributed by atoms with Crippen LogP contribution in [0.25, 0.3) is 11.3 Å². The smallest absolute Gasteiger partial charge is 0.322 e. The van der Waals surface area contributed by atoms with Crippen LogP contribution in [-0.2, 0) is 18.6 Å². The zero-order valence-electron chi connectivity index (χ0n) is 17.8. The Balaban J connectivity index is 1.12. The van der Waals surface area contributed by atoms with E-state index in [4.69, 9.17) is 0 Å². The van der Waals surface area contributed by atoms with E-state index < -0.39 is 11.7 Å². The number of aromatic nitrogens is 3. The molecule has 4 nitrogen and oxygen atoms in total. The van der Waals surface area contributed by atoms with Gasteiger partial charge in [-0.15, -0.1) is 0 Å². The Kier molecular flexibility index (Phi) is 5.53. The second-order valence-corrected chi connectivity index (χ2v) is 9.86. The van der Waals surface area contributed by atoms with Gasteiger partial charge in [0.05, 0.1) is 17.5 Å². The van der Waals surface area contributed by atoms with Crippen molar-refractivity contribution in [3.8, 4) is 11.3 Å². The number of pyridine rings is 1. The van der Waals surface area contributed by atoms with E-state index in [1.165, 1.54) is 12.1 Å². The molecule has 8 heteroatoms. The predicted octanol–water partition coefficient (Wildman–Crippen LogP) is 5.26. The van der Waals surface area contributed by atoms with Crippen molar-refractivity contribution in [2.45, 2.75) is 29.6 Å². The highest BCUT2D eigenvalue weighted by molar-refractivity contribution is 7.99. The van der Waals surface area contributed by atoms with Gasteiger partial charge in [0.1, 0.15) is 0 Å². The molecule has 3 aromatic rings. The van der Waals surface area contributed by atoms with Crippen molar-refractivity contribution in [3.05, 3.63) is 66.1 Å². The van der Waals surface area contributed by atoms with Crippen LogP contribution in [0.4, 0.5) is 13.2 Å². The van der Waals surface area contributed by atoms with Gasteiger partial charge in [-0.3, -0.25) is 4.98 Å². The monoisotopic (exact) mass is 458 g/mol. The van der Waals surface area contributed by atoms with E-state index in [2.05, 4.69) is 19.4 Å². The summed E-state index contributed by atoms with van der Waals surface area (Å²) in [6, 6.07) is 9.78. The van der Waals surface area contributed by atoms with Gasteiger partial charge >= 0.3 is 6.18 Å². The normalized spacial score (nSPS) is 22.8. The van der Waals surface area contributed by atoms with Gasteiger partial charge in [-0.25, -0.2) is 4.98 Å². The maximum atomic E-state index is 12.9. The highest BCUT2D eigenvalue weighted by atomic mass is 32.2. The second-order valence-electron chi connectivity index (χ2n) is 8.80. The predicted molar refractivity (Wildman–Crippen MR) is 119 cm³/mol. The highest BCUT2D eigenvalue weighted by Crippen LogP contribution is 2.59. The molecule has 0 spiro atoms. The lowest BCUT2D eigenvalue weighted by Gasteiger charge is -2.21. The summed E-state index contributed by atoms with van der Waals surface area (Å²) in [6.07, 6.45) is 3.37. The maximum absolute atomic E-state index is 12.9. The van der Waals surface area contributed by atoms with Crippen molar-refractivity contribution in [2.75, 3.05) is 25.4 Å². The van der Waals surface area contributed by atoms with E-state index in [9.17, 15) is 13.2 Å². The van der Waals surface area contributed by atoms with Gasteiger partial charge in [0.25, 0.3) is 0 Å². The standard InChI is InChI=1S/C24H25F3N4S/c1-30-21(17-4-2-9-28-13-17)14-29-22(30)32-11-3-10-31-15-20-12-23(20,16-31)18-5-7-19(8-6-18)24(25,26)27/h2,4-9,13-14,20H,3,10-12,15-16H2,1H3. The Hall–Kier alpha value is -2.32. The molecule has 0 bridgehead atoms. The second kappa shape index (κ2) is 8.23. The first kappa shape index (κ1) is 21.5. The van der Waals surface area contributed by atoms with Gasteiger partial charge in [0, 0.05) is 49.3 Å². The van der Waals surface area contributed by atoms with Crippen LogP contribution < -0.4 is 0 Å². The molecule has 168 valence electrons. The van der Waals surface area contributed by atoms with E-state index in [1.807, 2.05) is 31.6 Å². The summed E-state index contributed by atoms with van der Waals surface area (Å²) in [5.41, 5.74) is 2.67. The van der Waals surface area contributed by atoms with Gasteiger partial charge in [-0.1, -0.05) is 23.9 Å². The number of nitrogens with zero attached hydrogens (tertiary/aromatic N) is 4. The molecule has 32 heavy (non-hydrogen) atoms. The molecular weight excluding hydrogens is 433 g/mol. The SMILES string of the molecule is Cn1c(-c2cccnc2)cnc1SCCCN1CC2CC2(c2ccc(C(F)(F)F)cc2)C1. The van der Waals surface area contributed by atoms with Crippen molar-refractivity contribution in [1.82, 2.24) is 19.4 Å². The van der Waals surface area contributed by atoms with Crippen LogP contribution in [0.3, 0.4) is 0 Å². The number of fused-ring (bicyclic) bond motifs is 1. The van der Waals surface area contributed by atoms with Crippen LogP contribution >= 0.6 is 11.8 Å². The third kappa shape index (κ3) is 4.06. The molecule has 2 atom stereocenters. The topological polar surface area (TPSA) is 34.0 Å². The summed E-state index contributed by atoms with van der Waals surface area (Å²) >= 11 is 1.76. The van der Waals surface area contributed by atoms with Crippen LogP contribution in [0, 0.1) is 5.92 Å². The van der Waals surface area contributed by atoms with Crippen LogP contribution in [-0.4, -0.2) is 44.8 Å². The summed E-state index contributed by atoms with van der Waals surface area (Å²) in [7, 11) is 2.03. The molecule has 0 radical (unpaired) electrons. The molecule has 2 aliphatic rings. The molecule has 0 amide bonds. The molecule has 1 aliphatic heterocycles. The number of alkyl halides is 3. The number of thioether (sulfide) groups is 1. The van der Waals surface area contributed by atoms with Crippen LogP contribution in [0.1, 0.15) is 24.0 Å². The Morgan fingerprint density at radius 2 is 1.97 bits per heavy atom. The van der Waals surface area contributed by atoms with E-state index >= 15 is 0 Å². The van der Waals surface area contributed by atoms with Crippen molar-refractivity contribution in [3.63, 3.8) is 0 Å². The van der Waals surface area contributed by atoms with E-state index in [0.717, 1.165) is 60.2 Å². The molecule has 1 saturated heterocycles. The van der Waals surface area contributed by atoms with Crippen molar-refractivity contribution in [2.24, 2.45) is 13.0 Å². The van der Waals surface area contributed by atoms with Gasteiger partial charge in [-0.05, 0) is 55.1 Å². The Bertz CT molecular complexity index is 1080. The minimum absolute atomic E-state index is 0.0650. The first-order valence-electron chi connectivity index (χ1n) is 10.8. The number of rotatable bonds is 7. The third-order valence-electron chi connectivity index (χ3n) is 6.76. The fraction of sp³-hybridized carbons (Fsp3) is 0.417. The van der Waals surface area contributed by atoms with Gasteiger partial charge in [0.2, 0.25) is 0 Å². The summed E-state index contributed by atoms with van der Waals surface area (Å²) in [5, 5.41) is 0.995. The zero-order valence-corrected chi connectivity index (χ0v) is 18.7. The first-order valence-corrected chi connectivity index (χ1v) is 11.8. The molecule has 0 N–H and O–H groups in total. The Labute approximate surface area is 189 Å². The molecule has 5 rings (SSSR count). The summed E-state index contributed by atoms with van der Waals surface area (Å²) < 4.78 is 40.7. The van der Waals surface area contributed by atoms with Crippen molar-refractivity contribution >= 4 is 11.8 Å². The fourth-order valence-corrected chi connectivity index (χ4v) is 5.83. The number of benzene rings is 1. The van der Waals surface area contributed by atoms with E-state index in [-0.39, 0.29) is 5.41 Å². The lowest BCUT2D eigenvalue weighted by atomic mass is 9.94. The number of imidazole rings is 1. The minimum atomic E-state index is -4.27. The van der Waals surface area contributed by atoms with E-state index in [1.54, 1.807) is 30.1 Å². The first-order chi connectivity index (χ1) is 15.4. The van der Waals surface area contributed by atoms with E-state index in [0.29, 0.717) is 5.92 Å². The minimum Gasteiger partial charge on any atom is -0.322 e. The van der Waals surface area contributed by atoms with Crippen molar-refractivity contribution in [1.29, 1.82) is 0 Å². The lowest BCUT2D eigenvalue weighted by molar-refractivity contribution is -0.137. The maximum Gasteiger partial charge on any atom is 0.416 e. The fourth-order valence-electron chi connectivity index (χ4n) is 4.96. The average molecular weight is 459 g/mol. The molecule has 2 aromatic heterocycles.